The van der Waals surface area contributed by atoms with E-state index in [-0.39, 0.29) is 54.9 Å². The number of nitrogens with zero attached hydrogens (tertiary/aromatic N) is 6. The van der Waals surface area contributed by atoms with Crippen LogP contribution in [0, 0.1) is 28.8 Å². The molecule has 0 radical (unpaired) electrons. The maximum Gasteiger partial charge on any atom is 0.512 e. The number of nitriles is 1. The average molecular weight is 853 g/mol. The van der Waals surface area contributed by atoms with Gasteiger partial charge < -0.3 is 33.5 Å². The Morgan fingerprint density at radius 3 is 2.42 bits per heavy atom. The lowest BCUT2D eigenvalue weighted by atomic mass is 9.89. The Hall–Kier alpha value is -5.22. The highest BCUT2D eigenvalue weighted by Crippen LogP contribution is 2.42. The molecule has 0 saturated carbocycles. The number of likely N-dealkylation sites (tertiary alicyclic amines) is 2. The van der Waals surface area contributed by atoms with Gasteiger partial charge in [0.05, 0.1) is 43.1 Å². The van der Waals surface area contributed by atoms with Crippen molar-refractivity contribution in [2.24, 2.45) is 0 Å². The molecule has 3 aliphatic heterocycles. The Kier molecular flexibility index (Phi) is 15.4. The maximum absolute atomic E-state index is 15.8. The highest BCUT2D eigenvalue weighted by atomic mass is 32.2. The van der Waals surface area contributed by atoms with Crippen molar-refractivity contribution in [3.8, 4) is 6.07 Å². The minimum atomic E-state index is -1.91. The Morgan fingerprint density at radius 2 is 1.77 bits per heavy atom. The summed E-state index contributed by atoms with van der Waals surface area (Å²) in [5, 5.41) is 11.9. The van der Waals surface area contributed by atoms with Crippen molar-refractivity contribution in [3.05, 3.63) is 101 Å². The third-order valence-corrected chi connectivity index (χ3v) is 12.0. The summed E-state index contributed by atoms with van der Waals surface area (Å²) < 4.78 is 74.0. The molecule has 3 atom stereocenters. The van der Waals surface area contributed by atoms with Crippen LogP contribution in [0.3, 0.4) is 0 Å². The van der Waals surface area contributed by atoms with Crippen LogP contribution in [0.5, 0.6) is 0 Å². The molecule has 320 valence electrons. The number of amides is 1. The van der Waals surface area contributed by atoms with E-state index in [0.717, 1.165) is 38.1 Å². The van der Waals surface area contributed by atoms with Crippen LogP contribution in [-0.2, 0) is 45.4 Å². The number of aromatic nitrogens is 3. The van der Waals surface area contributed by atoms with E-state index in [0.29, 0.717) is 30.8 Å². The molecule has 0 spiro atoms. The van der Waals surface area contributed by atoms with Crippen molar-refractivity contribution < 1.29 is 51.2 Å². The van der Waals surface area contributed by atoms with Crippen LogP contribution in [0.15, 0.2) is 67.3 Å². The van der Waals surface area contributed by atoms with Gasteiger partial charge in [0, 0.05) is 54.9 Å². The summed E-state index contributed by atoms with van der Waals surface area (Å²) in [5.41, 5.74) is -1.57. The van der Waals surface area contributed by atoms with E-state index in [4.69, 9.17) is 28.9 Å². The lowest BCUT2D eigenvalue weighted by Crippen LogP contribution is -2.51. The van der Waals surface area contributed by atoms with Crippen LogP contribution in [0.25, 0.3) is 6.08 Å². The van der Waals surface area contributed by atoms with E-state index in [1.807, 2.05) is 6.07 Å². The Labute approximate surface area is 350 Å². The summed E-state index contributed by atoms with van der Waals surface area (Å²) in [5.74, 6) is -3.30. The van der Waals surface area contributed by atoms with Crippen LogP contribution in [0.2, 0.25) is 0 Å². The van der Waals surface area contributed by atoms with E-state index in [1.165, 1.54) is 66.7 Å². The second-order valence-corrected chi connectivity index (χ2v) is 16.3. The number of allylic oxidation sites excluding steroid dienone is 2. The molecule has 4 heterocycles. The summed E-state index contributed by atoms with van der Waals surface area (Å²) in [6.45, 7) is 6.50. The number of thioether (sulfide) groups is 1. The van der Waals surface area contributed by atoms with Crippen LogP contribution in [0.4, 0.5) is 18.0 Å². The molecule has 3 aromatic rings. The van der Waals surface area contributed by atoms with Crippen molar-refractivity contribution >= 4 is 35.9 Å². The van der Waals surface area contributed by atoms with Gasteiger partial charge in [-0.05, 0) is 69.6 Å². The Morgan fingerprint density at radius 1 is 1.00 bits per heavy atom. The van der Waals surface area contributed by atoms with E-state index in [1.54, 1.807) is 30.1 Å². The molecule has 0 bridgehead atoms. The topological polar surface area (TPSA) is 158 Å². The zero-order valence-corrected chi connectivity index (χ0v) is 34.1. The molecule has 18 heteroatoms. The number of piperidine rings is 1. The number of esters is 1. The number of hydrogen-bond acceptors (Lipinski definition) is 13. The largest absolute Gasteiger partial charge is 0.512 e. The molecule has 14 nitrogen and oxygen atoms in total. The van der Waals surface area contributed by atoms with Crippen molar-refractivity contribution in [3.63, 3.8) is 0 Å². The standard InChI is InChI=1S/C42H47F3N6O8S/c1-28(60-34-23-55-40(56-24-34)7-4-3-6-31-9-8-30(22-46)20-36(31)44)42(25-51-27-47-26-48-51,35-11-10-32(43)21-37(35)45)59-41(54)58-29(2)57-39(53)13-12-38(52)50-18-14-33(15-19-50)49-16-5-17-49/h3-4,6-11,20-21,26-29,33-34,40H,5,12-19,23-25H2,1-2H3. The number of carbonyl (C=O) groups is 3. The van der Waals surface area contributed by atoms with Crippen LogP contribution < -0.4 is 0 Å². The van der Waals surface area contributed by atoms with Crippen LogP contribution in [0.1, 0.15) is 62.6 Å². The van der Waals surface area contributed by atoms with E-state index in [2.05, 4.69) is 15.0 Å². The van der Waals surface area contributed by atoms with Gasteiger partial charge in [-0.2, -0.15) is 10.4 Å². The third-order valence-electron chi connectivity index (χ3n) is 10.6. The van der Waals surface area contributed by atoms with E-state index < -0.39 is 53.0 Å². The number of rotatable bonds is 16. The predicted molar refractivity (Wildman–Crippen MR) is 212 cm³/mol. The summed E-state index contributed by atoms with van der Waals surface area (Å²) in [6.07, 6.45) is 8.22. The average Bonchev–Trinajstić information content (AvgIpc) is 3.72. The molecular formula is C42H47F3N6O8S. The molecule has 2 aromatic carbocycles. The summed E-state index contributed by atoms with van der Waals surface area (Å²) in [6, 6.07) is 9.42. The van der Waals surface area contributed by atoms with Crippen molar-refractivity contribution in [1.29, 1.82) is 5.26 Å². The van der Waals surface area contributed by atoms with E-state index >= 15 is 4.39 Å². The molecule has 3 aliphatic rings. The fourth-order valence-electron chi connectivity index (χ4n) is 7.26. The third kappa shape index (κ3) is 11.7. The smallest absolute Gasteiger partial charge is 0.425 e. The number of benzene rings is 2. The molecule has 3 fully saturated rings. The summed E-state index contributed by atoms with van der Waals surface area (Å²) in [7, 11) is 0. The predicted octanol–water partition coefficient (Wildman–Crippen LogP) is 6.11. The first-order valence-corrected chi connectivity index (χ1v) is 20.7. The highest BCUT2D eigenvalue weighted by molar-refractivity contribution is 8.00. The van der Waals surface area contributed by atoms with Gasteiger partial charge in [0.15, 0.2) is 11.9 Å². The molecule has 0 N–H and O–H groups in total. The fraction of sp³-hybridized carbons (Fsp3) is 0.476. The lowest BCUT2D eigenvalue weighted by Gasteiger charge is -2.43. The monoisotopic (exact) mass is 852 g/mol. The molecule has 6 rings (SSSR count). The normalized spacial score (nSPS) is 20.8. The molecular weight excluding hydrogens is 806 g/mol. The Bertz CT molecular complexity index is 2050. The minimum absolute atomic E-state index is 0.0617. The van der Waals surface area contributed by atoms with Gasteiger partial charge in [-0.15, -0.1) is 11.8 Å². The second-order valence-electron chi connectivity index (χ2n) is 14.7. The molecule has 1 amide bonds. The Balaban J connectivity index is 1.07. The van der Waals surface area contributed by atoms with Gasteiger partial charge in [0.25, 0.3) is 0 Å². The maximum atomic E-state index is 15.8. The van der Waals surface area contributed by atoms with Gasteiger partial charge in [-0.3, -0.25) is 9.59 Å². The van der Waals surface area contributed by atoms with Crippen molar-refractivity contribution in [2.75, 3.05) is 39.4 Å². The zero-order valence-electron chi connectivity index (χ0n) is 33.3. The van der Waals surface area contributed by atoms with Gasteiger partial charge in [0.2, 0.25) is 12.2 Å². The molecule has 0 aliphatic carbocycles. The SMILES string of the molecule is CC(OC(=O)CCC(=O)N1CCC(N2CCC2)CC1)OC(=O)OC(Cn1cncn1)(c1ccc(F)cc1F)C(C)SC1COC(C=CC=Cc2ccc(C#N)cc2F)OC1. The number of ether oxygens (including phenoxy) is 5. The summed E-state index contributed by atoms with van der Waals surface area (Å²) in [4.78, 5) is 47.3. The van der Waals surface area contributed by atoms with Crippen LogP contribution in [-0.4, -0.2) is 111 Å². The first kappa shape index (κ1) is 44.3. The molecule has 3 saturated heterocycles. The first-order valence-electron chi connectivity index (χ1n) is 19.7. The second kappa shape index (κ2) is 20.8. The fourth-order valence-corrected chi connectivity index (χ4v) is 8.62. The molecule has 1 aromatic heterocycles. The zero-order chi connectivity index (χ0) is 42.6. The van der Waals surface area contributed by atoms with Crippen molar-refractivity contribution in [1.82, 2.24) is 24.6 Å². The van der Waals surface area contributed by atoms with Gasteiger partial charge >= 0.3 is 12.1 Å². The highest BCUT2D eigenvalue weighted by Gasteiger charge is 2.47. The number of halogens is 3. The quantitative estimate of drug-likeness (QED) is 0.0924. The van der Waals surface area contributed by atoms with Gasteiger partial charge in [0.1, 0.15) is 30.1 Å². The van der Waals surface area contributed by atoms with E-state index in [9.17, 15) is 23.2 Å². The first-order chi connectivity index (χ1) is 28.9. The van der Waals surface area contributed by atoms with Gasteiger partial charge in [-0.1, -0.05) is 24.3 Å². The number of hydrogen-bond donors (Lipinski definition) is 0. The van der Waals surface area contributed by atoms with Crippen molar-refractivity contribution in [2.45, 2.75) is 87.2 Å². The van der Waals surface area contributed by atoms with Gasteiger partial charge in [-0.25, -0.2) is 27.6 Å². The number of carbonyl (C=O) groups excluding carboxylic acids is 3. The van der Waals surface area contributed by atoms with Crippen LogP contribution >= 0.6 is 11.8 Å². The minimum Gasteiger partial charge on any atom is -0.425 e. The summed E-state index contributed by atoms with van der Waals surface area (Å²) >= 11 is 1.26. The lowest BCUT2D eigenvalue weighted by molar-refractivity contribution is -0.172. The molecule has 3 unspecified atom stereocenters. The molecule has 60 heavy (non-hydrogen) atoms.